The molecular formula is C31H45N5OS. The summed E-state index contributed by atoms with van der Waals surface area (Å²) in [5.41, 5.74) is 4.18. The Kier molecular flexibility index (Phi) is 11.8. The van der Waals surface area contributed by atoms with Gasteiger partial charge in [0, 0.05) is 44.2 Å². The smallest absolute Gasteiger partial charge is 0.158 e. The number of fused-ring (bicyclic) bond motifs is 1. The normalized spacial score (nSPS) is 20.6. The molecule has 1 aromatic carbocycles. The van der Waals surface area contributed by atoms with E-state index in [0.717, 1.165) is 77.4 Å². The summed E-state index contributed by atoms with van der Waals surface area (Å²) in [4.78, 5) is 15.0. The third-order valence-electron chi connectivity index (χ3n) is 6.81. The molecule has 0 saturated carbocycles. The van der Waals surface area contributed by atoms with Gasteiger partial charge in [-0.25, -0.2) is 9.98 Å². The molecule has 5 rings (SSSR count). The van der Waals surface area contributed by atoms with E-state index in [1.807, 2.05) is 58.0 Å². The lowest BCUT2D eigenvalue weighted by molar-refractivity contribution is 0.0768. The van der Waals surface area contributed by atoms with Gasteiger partial charge in [-0.15, -0.1) is 11.3 Å². The molecule has 0 radical (unpaired) electrons. The lowest BCUT2D eigenvalue weighted by Crippen LogP contribution is -2.54. The van der Waals surface area contributed by atoms with Crippen molar-refractivity contribution in [3.05, 3.63) is 82.3 Å². The van der Waals surface area contributed by atoms with Gasteiger partial charge >= 0.3 is 0 Å². The van der Waals surface area contributed by atoms with Gasteiger partial charge in [-0.3, -0.25) is 4.90 Å². The Hall–Kier alpha value is -2.74. The summed E-state index contributed by atoms with van der Waals surface area (Å²) in [6, 6.07) is 10.2. The van der Waals surface area contributed by atoms with Crippen LogP contribution in [0.2, 0.25) is 0 Å². The first-order chi connectivity index (χ1) is 18.6. The molecule has 3 heterocycles. The SMILES string of the molecule is CC.CC.CCc1nc2c(s1)NC1=C(CC=C/C=C\C1)N=C2N1CCN(C)C(CC(O)c2ccccc2)C1. The average molecular weight is 536 g/mol. The van der Waals surface area contributed by atoms with Gasteiger partial charge in [0.05, 0.1) is 16.8 Å². The molecule has 1 saturated heterocycles. The quantitative estimate of drug-likeness (QED) is 0.451. The van der Waals surface area contributed by atoms with E-state index in [1.54, 1.807) is 11.3 Å². The van der Waals surface area contributed by atoms with Crippen molar-refractivity contribution in [2.75, 3.05) is 32.0 Å². The molecule has 206 valence electrons. The van der Waals surface area contributed by atoms with E-state index in [4.69, 9.17) is 9.98 Å². The maximum atomic E-state index is 10.9. The number of likely N-dealkylation sites (N-methyl/N-ethyl adjacent to an activating group) is 1. The molecule has 6 nitrogen and oxygen atoms in total. The van der Waals surface area contributed by atoms with Gasteiger partial charge in [-0.2, -0.15) is 0 Å². The number of aliphatic hydroxyl groups is 1. The Labute approximate surface area is 233 Å². The molecule has 2 aromatic rings. The zero-order valence-corrected chi connectivity index (χ0v) is 24.8. The van der Waals surface area contributed by atoms with Crippen molar-refractivity contribution in [1.29, 1.82) is 0 Å². The summed E-state index contributed by atoms with van der Waals surface area (Å²) in [7, 11) is 2.16. The van der Waals surface area contributed by atoms with Crippen LogP contribution in [0.25, 0.3) is 0 Å². The van der Waals surface area contributed by atoms with Gasteiger partial charge in [0.15, 0.2) is 5.84 Å². The van der Waals surface area contributed by atoms with Crippen LogP contribution < -0.4 is 5.32 Å². The molecular weight excluding hydrogens is 490 g/mol. The second-order valence-electron chi connectivity index (χ2n) is 9.13. The number of aryl methyl sites for hydroxylation is 1. The Bertz CT molecular complexity index is 1130. The zero-order chi connectivity index (χ0) is 27.5. The number of benzene rings is 1. The van der Waals surface area contributed by atoms with Crippen LogP contribution in [0.15, 0.2) is 71.0 Å². The number of aliphatic hydroxyl groups excluding tert-OH is 1. The number of hydrogen-bond acceptors (Lipinski definition) is 7. The zero-order valence-electron chi connectivity index (χ0n) is 23.9. The highest BCUT2D eigenvalue weighted by molar-refractivity contribution is 7.16. The Morgan fingerprint density at radius 2 is 1.76 bits per heavy atom. The van der Waals surface area contributed by atoms with Gasteiger partial charge < -0.3 is 15.3 Å². The summed E-state index contributed by atoms with van der Waals surface area (Å²) >= 11 is 1.74. The minimum Gasteiger partial charge on any atom is -0.388 e. The van der Waals surface area contributed by atoms with Crippen LogP contribution in [0.4, 0.5) is 5.00 Å². The number of aromatic nitrogens is 1. The fraction of sp³-hybridized carbons (Fsp3) is 0.484. The number of nitrogens with one attached hydrogen (secondary N) is 1. The van der Waals surface area contributed by atoms with Crippen molar-refractivity contribution in [3.63, 3.8) is 0 Å². The van der Waals surface area contributed by atoms with E-state index >= 15 is 0 Å². The maximum absolute atomic E-state index is 10.9. The van der Waals surface area contributed by atoms with Gasteiger partial charge in [0.1, 0.15) is 10.7 Å². The second-order valence-corrected chi connectivity index (χ2v) is 10.2. The van der Waals surface area contributed by atoms with Gasteiger partial charge in [-0.05, 0) is 25.5 Å². The number of amidine groups is 1. The van der Waals surface area contributed by atoms with Crippen LogP contribution in [0.3, 0.4) is 0 Å². The monoisotopic (exact) mass is 535 g/mol. The number of anilines is 1. The van der Waals surface area contributed by atoms with Crippen molar-refractivity contribution in [2.24, 2.45) is 4.99 Å². The summed E-state index contributed by atoms with van der Waals surface area (Å²) in [6.45, 7) is 12.8. The average Bonchev–Trinajstić information content (AvgIpc) is 3.31. The maximum Gasteiger partial charge on any atom is 0.158 e. The van der Waals surface area contributed by atoms with Crippen molar-refractivity contribution in [2.45, 2.75) is 72.4 Å². The van der Waals surface area contributed by atoms with E-state index < -0.39 is 6.10 Å². The van der Waals surface area contributed by atoms with Crippen molar-refractivity contribution >= 4 is 22.2 Å². The van der Waals surface area contributed by atoms with Crippen LogP contribution in [0, 0.1) is 0 Å². The van der Waals surface area contributed by atoms with Crippen molar-refractivity contribution in [1.82, 2.24) is 14.8 Å². The third kappa shape index (κ3) is 7.22. The van der Waals surface area contributed by atoms with E-state index in [0.29, 0.717) is 6.42 Å². The van der Waals surface area contributed by atoms with Crippen LogP contribution in [0.1, 0.15) is 76.3 Å². The highest BCUT2D eigenvalue weighted by atomic mass is 32.1. The molecule has 2 atom stereocenters. The highest BCUT2D eigenvalue weighted by Gasteiger charge is 2.32. The first-order valence-electron chi connectivity index (χ1n) is 14.2. The summed E-state index contributed by atoms with van der Waals surface area (Å²) in [6.07, 6.45) is 11.3. The fourth-order valence-electron chi connectivity index (χ4n) is 4.75. The number of rotatable bonds is 4. The molecule has 1 aromatic heterocycles. The van der Waals surface area contributed by atoms with Crippen LogP contribution in [-0.2, 0) is 6.42 Å². The first kappa shape index (κ1) is 29.8. The molecule has 2 aliphatic heterocycles. The van der Waals surface area contributed by atoms with E-state index in [9.17, 15) is 5.11 Å². The van der Waals surface area contributed by atoms with Gasteiger partial charge in [0.2, 0.25) is 0 Å². The summed E-state index contributed by atoms with van der Waals surface area (Å²) in [5, 5.41) is 16.8. The Balaban J connectivity index is 0.000000956. The largest absolute Gasteiger partial charge is 0.388 e. The van der Waals surface area contributed by atoms with Gasteiger partial charge in [0.25, 0.3) is 0 Å². The predicted octanol–water partition coefficient (Wildman–Crippen LogP) is 6.79. The standard InChI is InChI=1S/C27H33N5OS.2C2H6/c1-3-24-30-25-26(28-21-13-9-4-5-10-14-22(21)29-27(25)34-24)32-16-15-31(2)20(18-32)17-23(33)19-11-7-6-8-12-19;2*1-2/h4-12,20,23,29,33H,3,13-18H2,1-2H3;2*1-2H3/b9-4?,10-5-;;. The molecule has 38 heavy (non-hydrogen) atoms. The van der Waals surface area contributed by atoms with Gasteiger partial charge in [-0.1, -0.05) is 89.3 Å². The minimum atomic E-state index is -0.482. The Morgan fingerprint density at radius 3 is 2.47 bits per heavy atom. The number of nitrogens with zero attached hydrogens (tertiary/aromatic N) is 4. The topological polar surface area (TPSA) is 64.0 Å². The lowest BCUT2D eigenvalue weighted by atomic mass is 9.99. The molecule has 0 spiro atoms. The number of hydrogen-bond donors (Lipinski definition) is 2. The molecule has 7 heteroatoms. The molecule has 1 aliphatic carbocycles. The van der Waals surface area contributed by atoms with Crippen LogP contribution in [-0.4, -0.2) is 58.4 Å². The molecule has 2 unspecified atom stereocenters. The van der Waals surface area contributed by atoms with Crippen LogP contribution >= 0.6 is 11.3 Å². The number of piperazine rings is 1. The number of aliphatic imine (C=N–C) groups is 1. The van der Waals surface area contributed by atoms with Crippen molar-refractivity contribution in [3.8, 4) is 0 Å². The number of allylic oxidation sites excluding steroid dienone is 4. The molecule has 0 bridgehead atoms. The fourth-order valence-corrected chi connectivity index (χ4v) is 5.68. The Morgan fingerprint density at radius 1 is 1.05 bits per heavy atom. The van der Waals surface area contributed by atoms with E-state index in [2.05, 4.69) is 53.4 Å². The van der Waals surface area contributed by atoms with E-state index in [1.165, 1.54) is 0 Å². The van der Waals surface area contributed by atoms with E-state index in [-0.39, 0.29) is 6.04 Å². The second kappa shape index (κ2) is 15.0. The number of thiazole rings is 1. The van der Waals surface area contributed by atoms with Crippen LogP contribution in [0.5, 0.6) is 0 Å². The third-order valence-corrected chi connectivity index (χ3v) is 7.93. The first-order valence-corrected chi connectivity index (χ1v) is 15.0. The molecule has 3 aliphatic rings. The highest BCUT2D eigenvalue weighted by Crippen LogP contribution is 2.34. The van der Waals surface area contributed by atoms with Crippen molar-refractivity contribution < 1.29 is 5.11 Å². The predicted molar refractivity (Wildman–Crippen MR) is 163 cm³/mol. The summed E-state index contributed by atoms with van der Waals surface area (Å²) < 4.78 is 0. The molecule has 2 N–H and O–H groups in total. The minimum absolute atomic E-state index is 0.226. The summed E-state index contributed by atoms with van der Waals surface area (Å²) in [5.74, 6) is 0.966. The lowest BCUT2D eigenvalue weighted by Gasteiger charge is -2.41. The molecule has 1 fully saturated rings. The molecule has 0 amide bonds.